The Balaban J connectivity index is 1.53. The minimum atomic E-state index is -0.0317. The first-order valence-corrected chi connectivity index (χ1v) is 8.39. The monoisotopic (exact) mass is 322 g/mol. The molecule has 120 valence electrons. The lowest BCUT2D eigenvalue weighted by molar-refractivity contribution is -0.113. The van der Waals surface area contributed by atoms with Gasteiger partial charge in [0.25, 0.3) is 0 Å². The van der Waals surface area contributed by atoms with E-state index in [9.17, 15) is 4.79 Å². The van der Waals surface area contributed by atoms with Gasteiger partial charge in [-0.15, -0.1) is 0 Å². The zero-order chi connectivity index (χ0) is 17.3. The third kappa shape index (κ3) is 4.84. The summed E-state index contributed by atoms with van der Waals surface area (Å²) in [6, 6.07) is 23.9. The lowest BCUT2D eigenvalue weighted by atomic mass is 10.0. The average molecular weight is 322 g/mol. The van der Waals surface area contributed by atoms with Gasteiger partial charge in [0.1, 0.15) is 0 Å². The summed E-state index contributed by atoms with van der Waals surface area (Å²) in [5, 5.41) is 2.36. The highest BCUT2D eigenvalue weighted by atomic mass is 16.1. The van der Waals surface area contributed by atoms with Gasteiger partial charge in [-0.05, 0) is 41.3 Å². The summed E-state index contributed by atoms with van der Waals surface area (Å²) in [6.45, 7) is 0. The first-order valence-electron chi connectivity index (χ1n) is 8.39. The van der Waals surface area contributed by atoms with E-state index in [2.05, 4.69) is 41.9 Å². The van der Waals surface area contributed by atoms with Crippen LogP contribution in [0, 0.1) is 23.7 Å². The van der Waals surface area contributed by atoms with Gasteiger partial charge < -0.3 is 0 Å². The molecule has 0 amide bonds. The molecule has 3 aromatic rings. The Morgan fingerprint density at radius 2 is 1.56 bits per heavy atom. The molecule has 0 fully saturated rings. The fourth-order valence-corrected chi connectivity index (χ4v) is 2.56. The minimum absolute atomic E-state index is 0.0317. The number of hydrogen-bond acceptors (Lipinski definition) is 1. The van der Waals surface area contributed by atoms with Crippen LogP contribution >= 0.6 is 0 Å². The average Bonchev–Trinajstić information content (AvgIpc) is 2.67. The lowest BCUT2D eigenvalue weighted by Gasteiger charge is -1.99. The summed E-state index contributed by atoms with van der Waals surface area (Å²) in [5.41, 5.74) is 1.90. The van der Waals surface area contributed by atoms with Gasteiger partial charge in [0.05, 0.1) is 0 Å². The van der Waals surface area contributed by atoms with Crippen molar-refractivity contribution in [1.29, 1.82) is 0 Å². The Labute approximate surface area is 148 Å². The van der Waals surface area contributed by atoms with Crippen molar-refractivity contribution >= 4 is 16.6 Å². The summed E-state index contributed by atoms with van der Waals surface area (Å²) < 4.78 is 0. The first kappa shape index (κ1) is 16.6. The molecule has 3 aromatic carbocycles. The zero-order valence-electron chi connectivity index (χ0n) is 14.0. The second-order valence-electron chi connectivity index (χ2n) is 5.72. The quantitative estimate of drug-likeness (QED) is 0.491. The van der Waals surface area contributed by atoms with Gasteiger partial charge >= 0.3 is 0 Å². The Bertz CT molecular complexity index is 987. The molecule has 3 rings (SSSR count). The molecule has 0 saturated heterocycles. The van der Waals surface area contributed by atoms with Crippen LogP contribution in [-0.2, 0) is 4.79 Å². The summed E-state index contributed by atoms with van der Waals surface area (Å²) in [5.74, 6) is 12.0. The Morgan fingerprint density at radius 1 is 0.800 bits per heavy atom. The molecule has 0 radical (unpaired) electrons. The van der Waals surface area contributed by atoms with Crippen molar-refractivity contribution in [2.75, 3.05) is 0 Å². The van der Waals surface area contributed by atoms with Crippen molar-refractivity contribution in [2.45, 2.75) is 19.3 Å². The number of Topliss-reactive ketones (excluding diaryl/α,β-unsaturated/α-hetero) is 1. The van der Waals surface area contributed by atoms with E-state index in [4.69, 9.17) is 0 Å². The molecule has 1 nitrogen and oxygen atoms in total. The molecule has 0 unspecified atom stereocenters. The minimum Gasteiger partial charge on any atom is -0.285 e. The number of ketones is 1. The van der Waals surface area contributed by atoms with Crippen LogP contribution in [0.5, 0.6) is 0 Å². The number of unbranched alkanes of at least 4 members (excludes halogenated alkanes) is 1. The van der Waals surface area contributed by atoms with Gasteiger partial charge in [-0.25, -0.2) is 0 Å². The Morgan fingerprint density at radius 3 is 2.44 bits per heavy atom. The smallest absolute Gasteiger partial charge is 0.205 e. The second kappa shape index (κ2) is 8.53. The maximum atomic E-state index is 11.8. The van der Waals surface area contributed by atoms with Gasteiger partial charge in [-0.2, -0.15) is 0 Å². The van der Waals surface area contributed by atoms with Crippen LogP contribution in [0.2, 0.25) is 0 Å². The van der Waals surface area contributed by atoms with E-state index < -0.39 is 0 Å². The van der Waals surface area contributed by atoms with Crippen molar-refractivity contribution in [3.05, 3.63) is 83.9 Å². The van der Waals surface area contributed by atoms with Crippen LogP contribution in [0.25, 0.3) is 10.8 Å². The molecule has 0 aliphatic rings. The molecule has 0 N–H and O–H groups in total. The first-order chi connectivity index (χ1) is 12.3. The van der Waals surface area contributed by atoms with E-state index in [0.29, 0.717) is 12.8 Å². The molecule has 0 aromatic heterocycles. The second-order valence-corrected chi connectivity index (χ2v) is 5.72. The van der Waals surface area contributed by atoms with Crippen LogP contribution in [0.1, 0.15) is 30.4 Å². The highest BCUT2D eigenvalue weighted by Crippen LogP contribution is 2.17. The van der Waals surface area contributed by atoms with E-state index in [1.165, 1.54) is 10.8 Å². The fourth-order valence-electron chi connectivity index (χ4n) is 2.56. The number of benzene rings is 3. The van der Waals surface area contributed by atoms with Crippen molar-refractivity contribution in [3.63, 3.8) is 0 Å². The van der Waals surface area contributed by atoms with E-state index >= 15 is 0 Å². The van der Waals surface area contributed by atoms with Crippen LogP contribution in [0.15, 0.2) is 72.8 Å². The van der Waals surface area contributed by atoms with Crippen molar-refractivity contribution in [1.82, 2.24) is 0 Å². The highest BCUT2D eigenvalue weighted by molar-refractivity contribution is 5.96. The van der Waals surface area contributed by atoms with Crippen LogP contribution in [-0.4, -0.2) is 5.78 Å². The third-order valence-corrected chi connectivity index (χ3v) is 3.84. The van der Waals surface area contributed by atoms with E-state index in [-0.39, 0.29) is 5.78 Å². The number of carbonyl (C=O) groups is 1. The summed E-state index contributed by atoms with van der Waals surface area (Å²) in [6.07, 6.45) is 1.88. The molecular formula is C24H18O. The molecule has 0 spiro atoms. The van der Waals surface area contributed by atoms with E-state index in [1.807, 2.05) is 54.6 Å². The van der Waals surface area contributed by atoms with Crippen molar-refractivity contribution in [2.24, 2.45) is 0 Å². The molecule has 0 saturated carbocycles. The van der Waals surface area contributed by atoms with E-state index in [0.717, 1.165) is 17.5 Å². The summed E-state index contributed by atoms with van der Waals surface area (Å²) in [4.78, 5) is 11.8. The normalized spacial score (nSPS) is 9.60. The van der Waals surface area contributed by atoms with Gasteiger partial charge in [0, 0.05) is 24.0 Å². The predicted molar refractivity (Wildman–Crippen MR) is 103 cm³/mol. The van der Waals surface area contributed by atoms with Crippen LogP contribution in [0.3, 0.4) is 0 Å². The highest BCUT2D eigenvalue weighted by Gasteiger charge is 1.97. The summed E-state index contributed by atoms with van der Waals surface area (Å²) in [7, 11) is 0. The number of rotatable bonds is 3. The zero-order valence-corrected chi connectivity index (χ0v) is 14.0. The molecule has 0 bridgehead atoms. The third-order valence-electron chi connectivity index (χ3n) is 3.84. The largest absolute Gasteiger partial charge is 0.285 e. The standard InChI is InChI=1S/C24H18O/c25-23(19-18-20-10-3-1-4-11-20)16-6-2-5-12-21-14-9-15-22-13-7-8-17-24(21)22/h1,3-4,7-11,13-15,17H,2,6,16H2. The fraction of sp³-hybridized carbons (Fsp3) is 0.125. The molecule has 0 heterocycles. The van der Waals surface area contributed by atoms with Crippen molar-refractivity contribution < 1.29 is 4.79 Å². The van der Waals surface area contributed by atoms with Crippen molar-refractivity contribution in [3.8, 4) is 23.7 Å². The summed E-state index contributed by atoms with van der Waals surface area (Å²) >= 11 is 0. The maximum absolute atomic E-state index is 11.8. The molecule has 1 heteroatoms. The van der Waals surface area contributed by atoms with Crippen LogP contribution in [0.4, 0.5) is 0 Å². The maximum Gasteiger partial charge on any atom is 0.205 e. The van der Waals surface area contributed by atoms with E-state index in [1.54, 1.807) is 0 Å². The molecule has 25 heavy (non-hydrogen) atoms. The molecule has 0 atom stereocenters. The Kier molecular flexibility index (Phi) is 5.65. The SMILES string of the molecule is O=C(C#Cc1ccccc1)CCCC#Cc1cccc2ccccc12. The number of fused-ring (bicyclic) bond motifs is 1. The molecule has 0 aliphatic heterocycles. The van der Waals surface area contributed by atoms with Gasteiger partial charge in [-0.3, -0.25) is 4.79 Å². The lowest BCUT2D eigenvalue weighted by Crippen LogP contribution is -1.92. The molecular weight excluding hydrogens is 304 g/mol. The van der Waals surface area contributed by atoms with Gasteiger partial charge in [-0.1, -0.05) is 72.4 Å². The number of hydrogen-bond donors (Lipinski definition) is 0. The molecule has 0 aliphatic carbocycles. The number of carbonyl (C=O) groups excluding carboxylic acids is 1. The van der Waals surface area contributed by atoms with Crippen LogP contribution < -0.4 is 0 Å². The van der Waals surface area contributed by atoms with Gasteiger partial charge in [0.2, 0.25) is 5.78 Å². The topological polar surface area (TPSA) is 17.1 Å². The Hall–Kier alpha value is -3.29. The van der Waals surface area contributed by atoms with Gasteiger partial charge in [0.15, 0.2) is 0 Å². The predicted octanol–water partition coefficient (Wildman–Crippen LogP) is 4.98.